The molecule has 1 N–H and O–H groups in total. The smallest absolute Gasteiger partial charge is 0.337 e. The van der Waals surface area contributed by atoms with Gasteiger partial charge in [-0.2, -0.15) is 0 Å². The van der Waals surface area contributed by atoms with Gasteiger partial charge >= 0.3 is 11.9 Å². The highest BCUT2D eigenvalue weighted by atomic mass is 16.5. The van der Waals surface area contributed by atoms with Crippen molar-refractivity contribution < 1.29 is 24.2 Å². The Bertz CT molecular complexity index is 957. The van der Waals surface area contributed by atoms with Crippen LogP contribution in [-0.4, -0.2) is 30.8 Å². The van der Waals surface area contributed by atoms with Crippen molar-refractivity contribution in [3.8, 4) is 5.75 Å². The third-order valence-electron chi connectivity index (χ3n) is 6.49. The average Bonchev–Trinajstić information content (AvgIpc) is 3.58. The number of allylic oxidation sites excluding steroid dienone is 1. The lowest BCUT2D eigenvalue weighted by atomic mass is 9.87. The lowest BCUT2D eigenvalue weighted by Gasteiger charge is -2.18. The number of phenols is 1. The van der Waals surface area contributed by atoms with Crippen molar-refractivity contribution in [2.24, 2.45) is 11.3 Å². The Morgan fingerprint density at radius 3 is 2.45 bits per heavy atom. The van der Waals surface area contributed by atoms with Gasteiger partial charge in [0.05, 0.1) is 25.7 Å². The molecule has 33 heavy (non-hydrogen) atoms. The van der Waals surface area contributed by atoms with Crippen LogP contribution >= 0.6 is 0 Å². The Hall–Kier alpha value is -3.08. The van der Waals surface area contributed by atoms with Gasteiger partial charge in [0.15, 0.2) is 0 Å². The SMILES string of the molecule is CCOC(=O)CC1(CCC(/C=C/c2ccccc2O)CCc2ccc(C(=O)OC)cc2)CC1. The second kappa shape index (κ2) is 11.7. The number of benzene rings is 2. The molecule has 1 aliphatic rings. The second-order valence-electron chi connectivity index (χ2n) is 8.93. The summed E-state index contributed by atoms with van der Waals surface area (Å²) in [6.07, 6.45) is 10.6. The molecule has 5 nitrogen and oxygen atoms in total. The zero-order valence-corrected chi connectivity index (χ0v) is 19.6. The first-order valence-corrected chi connectivity index (χ1v) is 11.7. The standard InChI is InChI=1S/C28H34O5/c1-3-33-26(30)20-28(18-19-28)17-16-22(10-13-23-6-4-5-7-25(23)29)9-8-21-11-14-24(15-12-21)27(31)32-2/h4-7,10-15,22,29H,3,8-9,16-20H2,1-2H3/b13-10+. The molecule has 2 aromatic rings. The van der Waals surface area contributed by atoms with E-state index in [9.17, 15) is 14.7 Å². The lowest BCUT2D eigenvalue weighted by molar-refractivity contribution is -0.144. The number of carbonyl (C=O) groups is 2. The number of esters is 2. The number of para-hydroxylation sites is 1. The molecule has 1 unspecified atom stereocenters. The van der Waals surface area contributed by atoms with E-state index in [-0.39, 0.29) is 23.1 Å². The molecule has 1 aliphatic carbocycles. The van der Waals surface area contributed by atoms with Gasteiger partial charge in [0, 0.05) is 5.56 Å². The van der Waals surface area contributed by atoms with Crippen LogP contribution in [0.15, 0.2) is 54.6 Å². The number of aromatic hydroxyl groups is 1. The second-order valence-corrected chi connectivity index (χ2v) is 8.93. The largest absolute Gasteiger partial charge is 0.507 e. The quantitative estimate of drug-likeness (QED) is 0.404. The molecule has 0 spiro atoms. The van der Waals surface area contributed by atoms with E-state index >= 15 is 0 Å². The van der Waals surface area contributed by atoms with E-state index in [1.807, 2.05) is 43.3 Å². The minimum absolute atomic E-state index is 0.0927. The molecule has 0 amide bonds. The third-order valence-corrected chi connectivity index (χ3v) is 6.49. The fraction of sp³-hybridized carbons (Fsp3) is 0.429. The van der Waals surface area contributed by atoms with E-state index < -0.39 is 0 Å². The van der Waals surface area contributed by atoms with Crippen LogP contribution in [0.5, 0.6) is 5.75 Å². The molecule has 176 valence electrons. The highest BCUT2D eigenvalue weighted by Gasteiger charge is 2.44. The van der Waals surface area contributed by atoms with Crippen LogP contribution in [0.1, 0.15) is 66.9 Å². The van der Waals surface area contributed by atoms with Gasteiger partial charge in [-0.15, -0.1) is 0 Å². The number of aryl methyl sites for hydroxylation is 1. The van der Waals surface area contributed by atoms with Crippen LogP contribution in [-0.2, 0) is 20.7 Å². The van der Waals surface area contributed by atoms with Gasteiger partial charge < -0.3 is 14.6 Å². The summed E-state index contributed by atoms with van der Waals surface area (Å²) in [5.74, 6) is 0.153. The van der Waals surface area contributed by atoms with Crippen molar-refractivity contribution in [3.63, 3.8) is 0 Å². The molecule has 5 heteroatoms. The van der Waals surface area contributed by atoms with E-state index in [2.05, 4.69) is 6.08 Å². The van der Waals surface area contributed by atoms with E-state index in [1.54, 1.807) is 18.2 Å². The van der Waals surface area contributed by atoms with Crippen molar-refractivity contribution in [1.29, 1.82) is 0 Å². The summed E-state index contributed by atoms with van der Waals surface area (Å²) < 4.78 is 9.94. The maximum absolute atomic E-state index is 12.0. The maximum Gasteiger partial charge on any atom is 0.337 e. The minimum atomic E-state index is -0.332. The fourth-order valence-corrected chi connectivity index (χ4v) is 4.18. The maximum atomic E-state index is 12.0. The van der Waals surface area contributed by atoms with Gasteiger partial charge in [-0.25, -0.2) is 4.79 Å². The minimum Gasteiger partial charge on any atom is -0.507 e. The fourth-order valence-electron chi connectivity index (χ4n) is 4.18. The average molecular weight is 451 g/mol. The van der Waals surface area contributed by atoms with Crippen LogP contribution in [0.3, 0.4) is 0 Å². The Kier molecular flexibility index (Phi) is 8.70. The summed E-state index contributed by atoms with van der Waals surface area (Å²) >= 11 is 0. The van der Waals surface area contributed by atoms with E-state index in [1.165, 1.54) is 7.11 Å². The van der Waals surface area contributed by atoms with Gasteiger partial charge in [-0.3, -0.25) is 4.79 Å². The van der Waals surface area contributed by atoms with Crippen molar-refractivity contribution >= 4 is 18.0 Å². The van der Waals surface area contributed by atoms with Crippen LogP contribution in [0, 0.1) is 11.3 Å². The van der Waals surface area contributed by atoms with Gasteiger partial charge in [0.2, 0.25) is 0 Å². The number of hydrogen-bond donors (Lipinski definition) is 1. The number of phenolic OH excluding ortho intramolecular Hbond substituents is 1. The van der Waals surface area contributed by atoms with Crippen LogP contribution in [0.25, 0.3) is 6.08 Å². The van der Waals surface area contributed by atoms with Crippen molar-refractivity contribution in [3.05, 3.63) is 71.3 Å². The molecule has 0 radical (unpaired) electrons. The molecule has 1 fully saturated rings. The molecule has 2 aromatic carbocycles. The number of hydrogen-bond acceptors (Lipinski definition) is 5. The van der Waals surface area contributed by atoms with Crippen molar-refractivity contribution in [1.82, 2.24) is 0 Å². The molecule has 0 aliphatic heterocycles. The predicted octanol–water partition coefficient (Wildman–Crippen LogP) is 5.95. The summed E-state index contributed by atoms with van der Waals surface area (Å²) in [6.45, 7) is 2.27. The number of ether oxygens (including phenoxy) is 2. The topological polar surface area (TPSA) is 72.8 Å². The summed E-state index contributed by atoms with van der Waals surface area (Å²) in [5, 5.41) is 10.1. The van der Waals surface area contributed by atoms with Gasteiger partial charge in [0.1, 0.15) is 5.75 Å². The summed E-state index contributed by atoms with van der Waals surface area (Å²) in [7, 11) is 1.38. The van der Waals surface area contributed by atoms with Gasteiger partial charge in [0.25, 0.3) is 0 Å². The summed E-state index contributed by atoms with van der Waals surface area (Å²) in [5.41, 5.74) is 2.61. The normalized spacial score (nSPS) is 15.2. The van der Waals surface area contributed by atoms with Gasteiger partial charge in [-0.1, -0.05) is 42.5 Å². The van der Waals surface area contributed by atoms with E-state index in [4.69, 9.17) is 9.47 Å². The summed E-state index contributed by atoms with van der Waals surface area (Å²) in [6, 6.07) is 14.9. The molecular formula is C28H34O5. The third kappa shape index (κ3) is 7.48. The Morgan fingerprint density at radius 1 is 1.09 bits per heavy atom. The molecule has 1 atom stereocenters. The highest BCUT2D eigenvalue weighted by Crippen LogP contribution is 2.53. The number of rotatable bonds is 12. The first kappa shape index (κ1) is 24.6. The van der Waals surface area contributed by atoms with Crippen LogP contribution in [0.4, 0.5) is 0 Å². The lowest BCUT2D eigenvalue weighted by Crippen LogP contribution is -2.14. The first-order valence-electron chi connectivity index (χ1n) is 11.7. The monoisotopic (exact) mass is 450 g/mol. The number of methoxy groups -OCH3 is 1. The zero-order chi connectivity index (χ0) is 23.7. The van der Waals surface area contributed by atoms with Gasteiger partial charge in [-0.05, 0) is 80.5 Å². The molecule has 0 aromatic heterocycles. The molecule has 0 heterocycles. The predicted molar refractivity (Wildman–Crippen MR) is 129 cm³/mol. The van der Waals surface area contributed by atoms with Crippen molar-refractivity contribution in [2.45, 2.75) is 51.9 Å². The molecule has 0 bridgehead atoms. The first-order chi connectivity index (χ1) is 15.9. The Morgan fingerprint density at radius 2 is 1.82 bits per heavy atom. The van der Waals surface area contributed by atoms with Crippen molar-refractivity contribution in [2.75, 3.05) is 13.7 Å². The molecule has 3 rings (SSSR count). The Balaban J connectivity index is 1.64. The molecular weight excluding hydrogens is 416 g/mol. The van der Waals surface area contributed by atoms with Crippen LogP contribution in [0.2, 0.25) is 0 Å². The molecule has 0 saturated heterocycles. The van der Waals surface area contributed by atoms with E-state index in [0.29, 0.717) is 24.5 Å². The van der Waals surface area contributed by atoms with Crippen LogP contribution < -0.4 is 0 Å². The summed E-state index contributed by atoms with van der Waals surface area (Å²) in [4.78, 5) is 23.7. The number of carbonyl (C=O) groups excluding carboxylic acids is 2. The molecule has 1 saturated carbocycles. The zero-order valence-electron chi connectivity index (χ0n) is 19.6. The Labute approximate surface area is 196 Å². The highest BCUT2D eigenvalue weighted by molar-refractivity contribution is 5.89. The van der Waals surface area contributed by atoms with E-state index in [0.717, 1.165) is 49.7 Å².